The molecule has 0 radical (unpaired) electrons. The number of cyclic esters (lactones) is 1. The molecule has 0 aromatic heterocycles. The number of nitrogens with zero attached hydrogens (tertiary/aromatic N) is 1. The van der Waals surface area contributed by atoms with Gasteiger partial charge in [0.2, 0.25) is 5.91 Å². The van der Waals surface area contributed by atoms with Gasteiger partial charge in [-0.2, -0.15) is 13.2 Å². The number of alkyl halides is 3. The highest BCUT2D eigenvalue weighted by Crippen LogP contribution is 2.36. The first-order chi connectivity index (χ1) is 12.8. The highest BCUT2D eigenvalue weighted by molar-refractivity contribution is 8.00. The summed E-state index contributed by atoms with van der Waals surface area (Å²) in [4.78, 5) is 24.8. The zero-order chi connectivity index (χ0) is 19.4. The van der Waals surface area contributed by atoms with Crippen molar-refractivity contribution in [3.8, 4) is 0 Å². The van der Waals surface area contributed by atoms with Gasteiger partial charge in [-0.3, -0.25) is 4.79 Å². The van der Waals surface area contributed by atoms with Gasteiger partial charge in [0.15, 0.2) is 0 Å². The second-order valence-corrected chi connectivity index (χ2v) is 7.54. The fraction of sp³-hybridized carbons (Fsp3) is 0.529. The van der Waals surface area contributed by atoms with Crippen molar-refractivity contribution >= 4 is 23.8 Å². The Kier molecular flexibility index (Phi) is 6.15. The van der Waals surface area contributed by atoms with E-state index in [-0.39, 0.29) is 47.9 Å². The SMILES string of the molecule is O=C1NC(CCC(=O)N2CC(OCc3ccc(SC(F)(F)F)cc3)C2)CO1. The van der Waals surface area contributed by atoms with Crippen LogP contribution < -0.4 is 5.32 Å². The summed E-state index contributed by atoms with van der Waals surface area (Å²) in [6.07, 6.45) is 0.344. The number of carbonyl (C=O) groups excluding carboxylic acids is 2. The number of likely N-dealkylation sites (tertiary alicyclic amines) is 1. The maximum Gasteiger partial charge on any atom is 0.446 e. The van der Waals surface area contributed by atoms with Crippen LogP contribution in [-0.2, 0) is 20.9 Å². The van der Waals surface area contributed by atoms with E-state index in [1.54, 1.807) is 17.0 Å². The highest BCUT2D eigenvalue weighted by Gasteiger charge is 2.32. The van der Waals surface area contributed by atoms with Gasteiger partial charge in [-0.15, -0.1) is 0 Å². The van der Waals surface area contributed by atoms with Crippen molar-refractivity contribution in [2.45, 2.75) is 42.0 Å². The second kappa shape index (κ2) is 8.39. The lowest BCUT2D eigenvalue weighted by Crippen LogP contribution is -2.54. The van der Waals surface area contributed by atoms with Crippen LogP contribution in [0.5, 0.6) is 0 Å². The second-order valence-electron chi connectivity index (χ2n) is 6.40. The molecule has 1 unspecified atom stereocenters. The van der Waals surface area contributed by atoms with Crippen molar-refractivity contribution in [3.63, 3.8) is 0 Å². The summed E-state index contributed by atoms with van der Waals surface area (Å²) in [5.41, 5.74) is -3.51. The monoisotopic (exact) mass is 404 g/mol. The number of nitrogens with one attached hydrogen (secondary N) is 1. The summed E-state index contributed by atoms with van der Waals surface area (Å²) >= 11 is -0.149. The first kappa shape index (κ1) is 19.8. The number of amides is 2. The summed E-state index contributed by atoms with van der Waals surface area (Å²) in [7, 11) is 0. The van der Waals surface area contributed by atoms with Gasteiger partial charge in [-0.05, 0) is 35.9 Å². The number of rotatable bonds is 7. The average Bonchev–Trinajstić information content (AvgIpc) is 2.97. The van der Waals surface area contributed by atoms with Crippen molar-refractivity contribution < 1.29 is 32.2 Å². The van der Waals surface area contributed by atoms with Crippen molar-refractivity contribution in [1.82, 2.24) is 10.2 Å². The predicted molar refractivity (Wildman–Crippen MR) is 91.0 cm³/mol. The van der Waals surface area contributed by atoms with Crippen molar-refractivity contribution in [1.29, 1.82) is 0 Å². The fourth-order valence-corrected chi connectivity index (χ4v) is 3.33. The number of thioether (sulfide) groups is 1. The normalized spacial score (nSPS) is 20.2. The third-order valence-corrected chi connectivity index (χ3v) is 5.03. The van der Waals surface area contributed by atoms with Crippen molar-refractivity contribution in [2.24, 2.45) is 0 Å². The summed E-state index contributed by atoms with van der Waals surface area (Å²) < 4.78 is 47.3. The Bertz CT molecular complexity index is 678. The molecular weight excluding hydrogens is 385 g/mol. The molecule has 0 aliphatic carbocycles. The van der Waals surface area contributed by atoms with E-state index < -0.39 is 11.6 Å². The Morgan fingerprint density at radius 2 is 2.00 bits per heavy atom. The molecule has 6 nitrogen and oxygen atoms in total. The van der Waals surface area contributed by atoms with Crippen molar-refractivity contribution in [2.75, 3.05) is 19.7 Å². The first-order valence-corrected chi connectivity index (χ1v) is 9.27. The van der Waals surface area contributed by atoms with E-state index in [4.69, 9.17) is 9.47 Å². The topological polar surface area (TPSA) is 67.9 Å². The summed E-state index contributed by atoms with van der Waals surface area (Å²) in [6, 6.07) is 5.92. The van der Waals surface area contributed by atoms with E-state index in [2.05, 4.69) is 5.32 Å². The Balaban J connectivity index is 1.32. The molecule has 0 spiro atoms. The van der Waals surface area contributed by atoms with E-state index in [9.17, 15) is 22.8 Å². The molecule has 0 bridgehead atoms. The summed E-state index contributed by atoms with van der Waals surface area (Å²) in [6.45, 7) is 1.57. The molecule has 27 heavy (non-hydrogen) atoms. The molecule has 148 valence electrons. The lowest BCUT2D eigenvalue weighted by Gasteiger charge is -2.39. The molecule has 2 heterocycles. The van der Waals surface area contributed by atoms with E-state index in [0.29, 0.717) is 25.9 Å². The molecule has 0 saturated carbocycles. The van der Waals surface area contributed by atoms with Gasteiger partial charge in [-0.1, -0.05) is 12.1 Å². The quantitative estimate of drug-likeness (QED) is 0.708. The molecule has 3 rings (SSSR count). The molecule has 2 fully saturated rings. The zero-order valence-corrected chi connectivity index (χ0v) is 15.1. The Hall–Kier alpha value is -1.94. The van der Waals surface area contributed by atoms with Crippen LogP contribution in [0.4, 0.5) is 18.0 Å². The number of benzene rings is 1. The van der Waals surface area contributed by atoms with Crippen LogP contribution in [0, 0.1) is 0 Å². The molecule has 2 amide bonds. The molecule has 2 saturated heterocycles. The Morgan fingerprint density at radius 1 is 1.30 bits per heavy atom. The first-order valence-electron chi connectivity index (χ1n) is 8.46. The maximum absolute atomic E-state index is 12.3. The molecular formula is C17H19F3N2O4S. The minimum Gasteiger partial charge on any atom is -0.447 e. The van der Waals surface area contributed by atoms with Gasteiger partial charge in [0.05, 0.1) is 18.8 Å². The summed E-state index contributed by atoms with van der Waals surface area (Å²) in [5, 5.41) is 2.63. The number of hydrogen-bond donors (Lipinski definition) is 1. The van der Waals surface area contributed by atoms with Gasteiger partial charge in [0.25, 0.3) is 0 Å². The zero-order valence-electron chi connectivity index (χ0n) is 14.3. The van der Waals surface area contributed by atoms with Crippen LogP contribution in [0.1, 0.15) is 18.4 Å². The largest absolute Gasteiger partial charge is 0.447 e. The number of ether oxygens (including phenoxy) is 2. The van der Waals surface area contributed by atoms with Crippen LogP contribution in [0.25, 0.3) is 0 Å². The van der Waals surface area contributed by atoms with E-state index >= 15 is 0 Å². The molecule has 2 aliphatic rings. The predicted octanol–water partition coefficient (Wildman–Crippen LogP) is 2.91. The van der Waals surface area contributed by atoms with E-state index in [0.717, 1.165) is 5.56 Å². The molecule has 1 atom stereocenters. The van der Waals surface area contributed by atoms with Gasteiger partial charge >= 0.3 is 11.6 Å². The lowest BCUT2D eigenvalue weighted by atomic mass is 10.1. The minimum atomic E-state index is -4.30. The van der Waals surface area contributed by atoms with Crippen molar-refractivity contribution in [3.05, 3.63) is 29.8 Å². The lowest BCUT2D eigenvalue weighted by molar-refractivity contribution is -0.146. The highest BCUT2D eigenvalue weighted by atomic mass is 32.2. The number of halogens is 3. The fourth-order valence-electron chi connectivity index (χ4n) is 2.79. The maximum atomic E-state index is 12.3. The molecule has 1 aromatic carbocycles. The Labute approximate surface area is 158 Å². The number of alkyl carbamates (subject to hydrolysis) is 1. The average molecular weight is 404 g/mol. The van der Waals surface area contributed by atoms with Crippen LogP contribution in [0.15, 0.2) is 29.2 Å². The van der Waals surface area contributed by atoms with Gasteiger partial charge in [0.1, 0.15) is 6.61 Å². The number of hydrogen-bond acceptors (Lipinski definition) is 5. The van der Waals surface area contributed by atoms with Crippen LogP contribution in [-0.4, -0.2) is 54.3 Å². The van der Waals surface area contributed by atoms with Gasteiger partial charge in [0, 0.05) is 24.4 Å². The molecule has 1 aromatic rings. The number of carbonyl (C=O) groups is 2. The third-order valence-electron chi connectivity index (χ3n) is 4.29. The standard InChI is InChI=1S/C17H19F3N2O4S/c18-17(19,20)27-14-4-1-11(2-5-14)9-25-13-7-22(8-13)15(23)6-3-12-10-26-16(24)21-12/h1-2,4-5,12-13H,3,6-10H2,(H,21,24). The van der Waals surface area contributed by atoms with E-state index in [1.807, 2.05) is 0 Å². The van der Waals surface area contributed by atoms with Crippen LogP contribution in [0.2, 0.25) is 0 Å². The smallest absolute Gasteiger partial charge is 0.446 e. The molecule has 10 heteroatoms. The van der Waals surface area contributed by atoms with Crippen LogP contribution >= 0.6 is 11.8 Å². The summed E-state index contributed by atoms with van der Waals surface area (Å²) in [5.74, 6) is 0.00419. The minimum absolute atomic E-state index is 0.00419. The Morgan fingerprint density at radius 3 is 2.59 bits per heavy atom. The van der Waals surface area contributed by atoms with Gasteiger partial charge in [-0.25, -0.2) is 4.79 Å². The van der Waals surface area contributed by atoms with Gasteiger partial charge < -0.3 is 19.7 Å². The molecule has 2 aliphatic heterocycles. The van der Waals surface area contributed by atoms with Crippen LogP contribution in [0.3, 0.4) is 0 Å². The third kappa shape index (κ3) is 6.03. The van der Waals surface area contributed by atoms with E-state index in [1.165, 1.54) is 12.1 Å². The molecule has 1 N–H and O–H groups in total.